The number of halogens is 1. The van der Waals surface area contributed by atoms with Crippen molar-refractivity contribution >= 4 is 11.8 Å². The summed E-state index contributed by atoms with van der Waals surface area (Å²) in [4.78, 5) is 5.01. The third kappa shape index (κ3) is 3.33. The zero-order chi connectivity index (χ0) is 13.7. The number of pyridine rings is 1. The summed E-state index contributed by atoms with van der Waals surface area (Å²) in [6.45, 7) is 2.79. The normalized spacial score (nSPS) is 12.4. The van der Waals surface area contributed by atoms with Gasteiger partial charge in [0.05, 0.1) is 12.2 Å². The standard InChI is InChI=1S/C15H17FN2S/c1-3-18-15(13-8-9-17-10-14(13)16)11-4-6-12(19-2)7-5-11/h4-10,15,18H,3H2,1-2H3. The Hall–Kier alpha value is -1.39. The van der Waals surface area contributed by atoms with Crippen LogP contribution in [0.5, 0.6) is 0 Å². The van der Waals surface area contributed by atoms with Gasteiger partial charge in [0.1, 0.15) is 5.82 Å². The third-order valence-corrected chi connectivity index (χ3v) is 3.72. The Balaban J connectivity index is 2.36. The Labute approximate surface area is 117 Å². The van der Waals surface area contributed by atoms with Gasteiger partial charge in [-0.25, -0.2) is 4.39 Å². The first-order chi connectivity index (χ1) is 9.26. The second-order valence-corrected chi connectivity index (χ2v) is 5.04. The maximum absolute atomic E-state index is 13.9. The van der Waals surface area contributed by atoms with Crippen LogP contribution >= 0.6 is 11.8 Å². The number of nitrogens with zero attached hydrogens (tertiary/aromatic N) is 1. The third-order valence-electron chi connectivity index (χ3n) is 2.97. The van der Waals surface area contributed by atoms with Gasteiger partial charge in [-0.05, 0) is 36.6 Å². The molecule has 1 atom stereocenters. The fourth-order valence-electron chi connectivity index (χ4n) is 2.03. The molecule has 1 unspecified atom stereocenters. The van der Waals surface area contributed by atoms with Gasteiger partial charge in [0.15, 0.2) is 0 Å². The second-order valence-electron chi connectivity index (χ2n) is 4.16. The maximum atomic E-state index is 13.9. The van der Waals surface area contributed by atoms with Crippen molar-refractivity contribution < 1.29 is 4.39 Å². The van der Waals surface area contributed by atoms with Crippen molar-refractivity contribution in [3.05, 3.63) is 59.7 Å². The molecule has 0 amide bonds. The largest absolute Gasteiger partial charge is 0.306 e. The molecule has 0 saturated heterocycles. The first-order valence-electron chi connectivity index (χ1n) is 6.23. The van der Waals surface area contributed by atoms with Crippen molar-refractivity contribution in [2.45, 2.75) is 17.9 Å². The van der Waals surface area contributed by atoms with Gasteiger partial charge in [0, 0.05) is 16.7 Å². The van der Waals surface area contributed by atoms with E-state index in [4.69, 9.17) is 0 Å². The van der Waals surface area contributed by atoms with Gasteiger partial charge in [-0.1, -0.05) is 19.1 Å². The highest BCUT2D eigenvalue weighted by Crippen LogP contribution is 2.25. The molecule has 0 aliphatic heterocycles. The first kappa shape index (κ1) is 14.0. The Bertz CT molecular complexity index is 528. The summed E-state index contributed by atoms with van der Waals surface area (Å²) in [6.07, 6.45) is 4.92. The van der Waals surface area contributed by atoms with Crippen LogP contribution in [0, 0.1) is 5.82 Å². The monoisotopic (exact) mass is 276 g/mol. The van der Waals surface area contributed by atoms with E-state index < -0.39 is 0 Å². The number of aromatic nitrogens is 1. The molecule has 0 aliphatic carbocycles. The minimum atomic E-state index is -0.276. The Morgan fingerprint density at radius 2 is 2.00 bits per heavy atom. The van der Waals surface area contributed by atoms with Crippen LogP contribution in [0.4, 0.5) is 4.39 Å². The molecule has 4 heteroatoms. The topological polar surface area (TPSA) is 24.9 Å². The smallest absolute Gasteiger partial charge is 0.146 e. The number of rotatable bonds is 5. The summed E-state index contributed by atoms with van der Waals surface area (Å²) in [5.41, 5.74) is 1.69. The van der Waals surface area contributed by atoms with Crippen molar-refractivity contribution in [1.82, 2.24) is 10.3 Å². The number of nitrogens with one attached hydrogen (secondary N) is 1. The van der Waals surface area contributed by atoms with E-state index in [-0.39, 0.29) is 11.9 Å². The lowest BCUT2D eigenvalue weighted by molar-refractivity contribution is 0.554. The zero-order valence-electron chi connectivity index (χ0n) is 11.1. The fourth-order valence-corrected chi connectivity index (χ4v) is 2.44. The SMILES string of the molecule is CCNC(c1ccc(SC)cc1)c1ccncc1F. The molecule has 0 spiro atoms. The number of hydrogen-bond donors (Lipinski definition) is 1. The van der Waals surface area contributed by atoms with Crippen LogP contribution in [0.25, 0.3) is 0 Å². The Morgan fingerprint density at radius 3 is 2.58 bits per heavy atom. The Morgan fingerprint density at radius 1 is 1.26 bits per heavy atom. The molecule has 0 radical (unpaired) electrons. The van der Waals surface area contributed by atoms with Gasteiger partial charge >= 0.3 is 0 Å². The highest BCUT2D eigenvalue weighted by Gasteiger charge is 2.16. The molecular formula is C15H17FN2S. The minimum absolute atomic E-state index is 0.135. The number of hydrogen-bond acceptors (Lipinski definition) is 3. The van der Waals surface area contributed by atoms with Crippen molar-refractivity contribution in [1.29, 1.82) is 0 Å². The summed E-state index contributed by atoms with van der Waals surface area (Å²) in [6, 6.07) is 9.79. The molecule has 0 bridgehead atoms. The Kier molecular flexibility index (Phi) is 4.93. The molecule has 100 valence electrons. The van der Waals surface area contributed by atoms with E-state index in [1.165, 1.54) is 11.1 Å². The molecule has 1 heterocycles. The van der Waals surface area contributed by atoms with Crippen LogP contribution < -0.4 is 5.32 Å². The van der Waals surface area contributed by atoms with E-state index in [0.717, 1.165) is 12.1 Å². The van der Waals surface area contributed by atoms with E-state index in [9.17, 15) is 4.39 Å². The molecule has 0 saturated carbocycles. The van der Waals surface area contributed by atoms with Gasteiger partial charge in [0.2, 0.25) is 0 Å². The van der Waals surface area contributed by atoms with Gasteiger partial charge in [-0.2, -0.15) is 0 Å². The highest BCUT2D eigenvalue weighted by molar-refractivity contribution is 7.98. The average molecular weight is 276 g/mol. The van der Waals surface area contributed by atoms with Crippen LogP contribution in [-0.4, -0.2) is 17.8 Å². The highest BCUT2D eigenvalue weighted by atomic mass is 32.2. The van der Waals surface area contributed by atoms with Gasteiger partial charge < -0.3 is 5.32 Å². The van der Waals surface area contributed by atoms with E-state index >= 15 is 0 Å². The molecule has 2 aromatic rings. The molecule has 19 heavy (non-hydrogen) atoms. The summed E-state index contributed by atoms with van der Waals surface area (Å²) in [7, 11) is 0. The minimum Gasteiger partial charge on any atom is -0.306 e. The predicted octanol–water partition coefficient (Wildman–Crippen LogP) is 3.64. The molecule has 0 aliphatic rings. The molecule has 2 rings (SSSR count). The van der Waals surface area contributed by atoms with Crippen molar-refractivity contribution in [2.75, 3.05) is 12.8 Å². The molecule has 1 aromatic heterocycles. The van der Waals surface area contributed by atoms with Crippen LogP contribution in [-0.2, 0) is 0 Å². The van der Waals surface area contributed by atoms with Gasteiger partial charge in [-0.15, -0.1) is 11.8 Å². The van der Waals surface area contributed by atoms with E-state index in [0.29, 0.717) is 5.56 Å². The lowest BCUT2D eigenvalue weighted by Gasteiger charge is -2.19. The van der Waals surface area contributed by atoms with Crippen LogP contribution in [0.15, 0.2) is 47.6 Å². The molecule has 0 fully saturated rings. The van der Waals surface area contributed by atoms with Crippen molar-refractivity contribution in [3.63, 3.8) is 0 Å². The number of benzene rings is 1. The molecular weight excluding hydrogens is 259 g/mol. The van der Waals surface area contributed by atoms with E-state index in [2.05, 4.69) is 22.4 Å². The van der Waals surface area contributed by atoms with Crippen molar-refractivity contribution in [3.8, 4) is 0 Å². The molecule has 1 aromatic carbocycles. The zero-order valence-corrected chi connectivity index (χ0v) is 11.9. The summed E-state index contributed by atoms with van der Waals surface area (Å²) < 4.78 is 13.9. The predicted molar refractivity (Wildman–Crippen MR) is 77.9 cm³/mol. The summed E-state index contributed by atoms with van der Waals surface area (Å²) in [5, 5.41) is 3.32. The van der Waals surface area contributed by atoms with Crippen molar-refractivity contribution in [2.24, 2.45) is 0 Å². The van der Waals surface area contributed by atoms with Gasteiger partial charge in [-0.3, -0.25) is 4.98 Å². The molecule has 1 N–H and O–H groups in total. The average Bonchev–Trinajstić information content (AvgIpc) is 2.46. The van der Waals surface area contributed by atoms with Crippen LogP contribution in [0.2, 0.25) is 0 Å². The maximum Gasteiger partial charge on any atom is 0.146 e. The van der Waals surface area contributed by atoms with E-state index in [1.807, 2.05) is 25.3 Å². The van der Waals surface area contributed by atoms with Gasteiger partial charge in [0.25, 0.3) is 0 Å². The molecule has 2 nitrogen and oxygen atoms in total. The summed E-state index contributed by atoms with van der Waals surface area (Å²) >= 11 is 1.70. The first-order valence-corrected chi connectivity index (χ1v) is 7.45. The quantitative estimate of drug-likeness (QED) is 0.844. The van der Waals surface area contributed by atoms with Crippen LogP contribution in [0.1, 0.15) is 24.1 Å². The van der Waals surface area contributed by atoms with Crippen LogP contribution in [0.3, 0.4) is 0 Å². The summed E-state index contributed by atoms with van der Waals surface area (Å²) in [5.74, 6) is -0.276. The lowest BCUT2D eigenvalue weighted by Crippen LogP contribution is -2.23. The number of thioether (sulfide) groups is 1. The van der Waals surface area contributed by atoms with E-state index in [1.54, 1.807) is 24.0 Å². The lowest BCUT2D eigenvalue weighted by atomic mass is 9.99. The second kappa shape index (κ2) is 6.68. The fraction of sp³-hybridized carbons (Fsp3) is 0.267.